The van der Waals surface area contributed by atoms with Gasteiger partial charge in [0.1, 0.15) is 0 Å². The zero-order valence-corrected chi connectivity index (χ0v) is 10.8. The number of halogens is 2. The van der Waals surface area contributed by atoms with Crippen LogP contribution in [0.5, 0.6) is 0 Å². The summed E-state index contributed by atoms with van der Waals surface area (Å²) >= 11 is 13.8. The van der Waals surface area contributed by atoms with E-state index in [4.69, 9.17) is 23.2 Å². The first-order chi connectivity index (χ1) is 7.16. The van der Waals surface area contributed by atoms with Crippen molar-refractivity contribution < 1.29 is 0 Å². The Bertz CT molecular complexity index is 356. The van der Waals surface area contributed by atoms with Gasteiger partial charge in [0.2, 0.25) is 0 Å². The van der Waals surface area contributed by atoms with Gasteiger partial charge in [-0.2, -0.15) is 0 Å². The maximum absolute atomic E-state index is 6.00. The molecule has 1 heterocycles. The van der Waals surface area contributed by atoms with Crippen LogP contribution in [0.2, 0.25) is 10.0 Å². The number of benzene rings is 1. The van der Waals surface area contributed by atoms with E-state index in [1.165, 1.54) is 17.7 Å². The first-order valence-corrected chi connectivity index (χ1v) is 6.80. The van der Waals surface area contributed by atoms with E-state index in [1.54, 1.807) is 0 Å². The summed E-state index contributed by atoms with van der Waals surface area (Å²) in [7, 11) is 0. The van der Waals surface area contributed by atoms with Gasteiger partial charge < -0.3 is 0 Å². The lowest BCUT2D eigenvalue weighted by atomic mass is 10.2. The quantitative estimate of drug-likeness (QED) is 0.817. The molecule has 1 saturated heterocycles. The number of hydrogen-bond acceptors (Lipinski definition) is 2. The molecule has 1 aromatic rings. The molecule has 1 nitrogen and oxygen atoms in total. The van der Waals surface area contributed by atoms with Crippen molar-refractivity contribution in [3.05, 3.63) is 33.8 Å². The Labute approximate surface area is 105 Å². The highest BCUT2D eigenvalue weighted by Crippen LogP contribution is 2.34. The summed E-state index contributed by atoms with van der Waals surface area (Å²) in [5.74, 6) is 1.19. The SMILES string of the molecule is CC1CCSC(c2ccc(Cl)c(Cl)c2)N1. The molecule has 1 aromatic carbocycles. The molecule has 1 fully saturated rings. The van der Waals surface area contributed by atoms with E-state index in [1.807, 2.05) is 30.0 Å². The maximum atomic E-state index is 6.00. The predicted octanol–water partition coefficient (Wildman–Crippen LogP) is 4.11. The minimum atomic E-state index is 0.350. The fourth-order valence-corrected chi connectivity index (χ4v) is 3.32. The molecule has 0 bridgehead atoms. The first kappa shape index (κ1) is 11.6. The third-order valence-electron chi connectivity index (χ3n) is 2.52. The smallest absolute Gasteiger partial charge is 0.0791 e. The normalized spacial score (nSPS) is 26.6. The van der Waals surface area contributed by atoms with Gasteiger partial charge in [-0.25, -0.2) is 0 Å². The van der Waals surface area contributed by atoms with Gasteiger partial charge in [0.15, 0.2) is 0 Å². The number of thioether (sulfide) groups is 1. The average molecular weight is 262 g/mol. The summed E-state index contributed by atoms with van der Waals surface area (Å²) < 4.78 is 0. The lowest BCUT2D eigenvalue weighted by Gasteiger charge is -2.28. The Morgan fingerprint density at radius 3 is 2.80 bits per heavy atom. The van der Waals surface area contributed by atoms with E-state index < -0.39 is 0 Å². The van der Waals surface area contributed by atoms with Crippen molar-refractivity contribution >= 4 is 35.0 Å². The molecule has 0 aromatic heterocycles. The van der Waals surface area contributed by atoms with E-state index in [-0.39, 0.29) is 0 Å². The molecule has 2 atom stereocenters. The van der Waals surface area contributed by atoms with Gasteiger partial charge in [0.25, 0.3) is 0 Å². The zero-order chi connectivity index (χ0) is 10.8. The van der Waals surface area contributed by atoms with Gasteiger partial charge in [-0.3, -0.25) is 5.32 Å². The van der Waals surface area contributed by atoms with E-state index in [0.717, 1.165) is 0 Å². The second-order valence-electron chi connectivity index (χ2n) is 3.78. The summed E-state index contributed by atoms with van der Waals surface area (Å²) in [5, 5.41) is 5.14. The van der Waals surface area contributed by atoms with Crippen LogP contribution in [0.4, 0.5) is 0 Å². The molecule has 82 valence electrons. The van der Waals surface area contributed by atoms with Crippen LogP contribution in [0.15, 0.2) is 18.2 Å². The van der Waals surface area contributed by atoms with Gasteiger partial charge >= 0.3 is 0 Å². The zero-order valence-electron chi connectivity index (χ0n) is 8.47. The fraction of sp³-hybridized carbons (Fsp3) is 0.455. The van der Waals surface area contributed by atoms with Crippen LogP contribution in [-0.4, -0.2) is 11.8 Å². The molecule has 1 aliphatic heterocycles. The molecule has 0 saturated carbocycles. The van der Waals surface area contributed by atoms with Gasteiger partial charge in [0.05, 0.1) is 15.4 Å². The van der Waals surface area contributed by atoms with Crippen LogP contribution >= 0.6 is 35.0 Å². The van der Waals surface area contributed by atoms with E-state index in [9.17, 15) is 0 Å². The molecular formula is C11H13Cl2NS. The lowest BCUT2D eigenvalue weighted by molar-refractivity contribution is 0.512. The minimum Gasteiger partial charge on any atom is -0.299 e. The number of nitrogens with one attached hydrogen (secondary N) is 1. The monoisotopic (exact) mass is 261 g/mol. The maximum Gasteiger partial charge on any atom is 0.0791 e. The number of hydrogen-bond donors (Lipinski definition) is 1. The van der Waals surface area contributed by atoms with Crippen molar-refractivity contribution in [3.63, 3.8) is 0 Å². The van der Waals surface area contributed by atoms with Crippen LogP contribution in [0.3, 0.4) is 0 Å². The fourth-order valence-electron chi connectivity index (χ4n) is 1.62. The first-order valence-electron chi connectivity index (χ1n) is 4.99. The van der Waals surface area contributed by atoms with E-state index in [2.05, 4.69) is 12.2 Å². The molecule has 0 spiro atoms. The molecule has 0 amide bonds. The third-order valence-corrected chi connectivity index (χ3v) is 4.47. The van der Waals surface area contributed by atoms with Crippen molar-refractivity contribution in [2.24, 2.45) is 0 Å². The molecule has 1 aliphatic rings. The van der Waals surface area contributed by atoms with Crippen LogP contribution in [-0.2, 0) is 0 Å². The van der Waals surface area contributed by atoms with Gasteiger partial charge in [-0.1, -0.05) is 29.3 Å². The lowest BCUT2D eigenvalue weighted by Crippen LogP contribution is -2.33. The standard InChI is InChI=1S/C11H13Cl2NS/c1-7-4-5-15-11(14-7)8-2-3-9(12)10(13)6-8/h2-3,6-7,11,14H,4-5H2,1H3. The Kier molecular flexibility index (Phi) is 3.83. The molecule has 2 rings (SSSR count). The molecule has 0 radical (unpaired) electrons. The summed E-state index contributed by atoms with van der Waals surface area (Å²) in [6.07, 6.45) is 1.22. The molecule has 4 heteroatoms. The van der Waals surface area contributed by atoms with Gasteiger partial charge in [-0.05, 0) is 36.8 Å². The van der Waals surface area contributed by atoms with Crippen molar-refractivity contribution in [3.8, 4) is 0 Å². The largest absolute Gasteiger partial charge is 0.299 e. The highest BCUT2D eigenvalue weighted by atomic mass is 35.5. The topological polar surface area (TPSA) is 12.0 Å². The van der Waals surface area contributed by atoms with Gasteiger partial charge in [0, 0.05) is 6.04 Å². The highest BCUT2D eigenvalue weighted by molar-refractivity contribution is 7.99. The van der Waals surface area contributed by atoms with Crippen molar-refractivity contribution in [1.82, 2.24) is 5.32 Å². The Hall–Kier alpha value is 0.110. The third kappa shape index (κ3) is 2.82. The van der Waals surface area contributed by atoms with E-state index in [0.29, 0.717) is 21.5 Å². The van der Waals surface area contributed by atoms with Crippen LogP contribution in [0.1, 0.15) is 24.3 Å². The Morgan fingerprint density at radius 2 is 2.13 bits per heavy atom. The van der Waals surface area contributed by atoms with Gasteiger partial charge in [-0.15, -0.1) is 11.8 Å². The average Bonchev–Trinajstić information content (AvgIpc) is 2.22. The molecule has 15 heavy (non-hydrogen) atoms. The Balaban J connectivity index is 2.18. The van der Waals surface area contributed by atoms with Crippen LogP contribution in [0, 0.1) is 0 Å². The molecule has 2 unspecified atom stereocenters. The van der Waals surface area contributed by atoms with Crippen molar-refractivity contribution in [1.29, 1.82) is 0 Å². The summed E-state index contributed by atoms with van der Waals surface area (Å²) in [4.78, 5) is 0. The van der Waals surface area contributed by atoms with E-state index >= 15 is 0 Å². The minimum absolute atomic E-state index is 0.350. The van der Waals surface area contributed by atoms with Crippen molar-refractivity contribution in [2.45, 2.75) is 24.8 Å². The predicted molar refractivity (Wildman–Crippen MR) is 68.9 cm³/mol. The van der Waals surface area contributed by atoms with Crippen LogP contribution < -0.4 is 5.32 Å². The van der Waals surface area contributed by atoms with Crippen LogP contribution in [0.25, 0.3) is 0 Å². The Morgan fingerprint density at radius 1 is 1.33 bits per heavy atom. The molecule has 0 aliphatic carbocycles. The molecular weight excluding hydrogens is 249 g/mol. The summed E-state index contributed by atoms with van der Waals surface area (Å²) in [6.45, 7) is 2.21. The molecule has 1 N–H and O–H groups in total. The summed E-state index contributed by atoms with van der Waals surface area (Å²) in [6, 6.07) is 6.43. The second kappa shape index (κ2) is 4.96. The number of rotatable bonds is 1. The second-order valence-corrected chi connectivity index (χ2v) is 5.81. The van der Waals surface area contributed by atoms with Crippen molar-refractivity contribution in [2.75, 3.05) is 5.75 Å². The summed E-state index contributed by atoms with van der Waals surface area (Å²) in [5.41, 5.74) is 1.21. The highest BCUT2D eigenvalue weighted by Gasteiger charge is 2.20.